The second-order valence-electron chi connectivity index (χ2n) is 6.93. The first-order chi connectivity index (χ1) is 13.7. The van der Waals surface area contributed by atoms with Crippen LogP contribution >= 0.6 is 0 Å². The number of hydrogen-bond donors (Lipinski definition) is 1. The number of aliphatic hydroxyl groups excluding tert-OH is 1. The molecule has 164 valence electrons. The van der Waals surface area contributed by atoms with E-state index in [0.29, 0.717) is 6.61 Å². The Kier molecular flexibility index (Phi) is 36.0. The summed E-state index contributed by atoms with van der Waals surface area (Å²) in [6.07, 6.45) is 16.4. The van der Waals surface area contributed by atoms with Crippen LogP contribution in [0.2, 0.25) is 0 Å². The number of unbranched alkanes of at least 4 members (excludes halogenated alkanes) is 6. The van der Waals surface area contributed by atoms with Crippen LogP contribution in [0, 0.1) is 0 Å². The summed E-state index contributed by atoms with van der Waals surface area (Å²) in [6.45, 7) is 21.2. The maximum atomic E-state index is 10.2. The molecule has 0 fully saturated rings. The van der Waals surface area contributed by atoms with Crippen molar-refractivity contribution >= 4 is 0 Å². The van der Waals surface area contributed by atoms with E-state index in [1.54, 1.807) is 0 Å². The Morgan fingerprint density at radius 2 is 0.931 bits per heavy atom. The van der Waals surface area contributed by atoms with Gasteiger partial charge in [0.1, 0.15) is 0 Å². The molecule has 0 aromatic heterocycles. The Labute approximate surface area is 223 Å². The summed E-state index contributed by atoms with van der Waals surface area (Å²) in [5.74, 6) is 0. The monoisotopic (exact) mass is 432 g/mol. The molecule has 4 nitrogen and oxygen atoms in total. The molecule has 0 radical (unpaired) electrons. The Bertz CT molecular complexity index is 311. The normalized spacial score (nSPS) is 10.1. The van der Waals surface area contributed by atoms with E-state index in [4.69, 9.17) is 5.11 Å². The van der Waals surface area contributed by atoms with Gasteiger partial charge in [0, 0.05) is 32.8 Å². The van der Waals surface area contributed by atoms with Crippen molar-refractivity contribution in [2.45, 2.75) is 51.4 Å². The molecule has 0 unspecified atom stereocenters. The first-order valence-corrected chi connectivity index (χ1v) is 10.8. The Balaban J connectivity index is -0.000000451. The molecule has 0 saturated carbocycles. The van der Waals surface area contributed by atoms with Gasteiger partial charge in [0.25, 0.3) is 0 Å². The fourth-order valence-corrected chi connectivity index (χ4v) is 2.84. The van der Waals surface area contributed by atoms with Crippen LogP contribution < -0.4 is 56.5 Å². The van der Waals surface area contributed by atoms with Crippen LogP contribution in [-0.2, 0) is 0 Å². The Morgan fingerprint density at radius 3 is 1.24 bits per heavy atom. The van der Waals surface area contributed by atoms with Gasteiger partial charge in [0.05, 0.1) is 0 Å². The van der Waals surface area contributed by atoms with Gasteiger partial charge in [-0.05, 0) is 32.4 Å². The third-order valence-corrected chi connectivity index (χ3v) is 4.30. The molecule has 0 spiro atoms. The van der Waals surface area contributed by atoms with E-state index in [2.05, 4.69) is 36.1 Å². The number of nitrogens with zero attached hydrogens (tertiary/aromatic N) is 2. The minimum absolute atomic E-state index is 0. The van der Waals surface area contributed by atoms with Crippen LogP contribution in [-0.4, -0.2) is 67.4 Å². The third kappa shape index (κ3) is 28.4. The molecule has 1 N–H and O–H groups in total. The molecule has 0 amide bonds. The molecule has 0 atom stereocenters. The van der Waals surface area contributed by atoms with E-state index in [9.17, 15) is 5.11 Å². The van der Waals surface area contributed by atoms with Gasteiger partial charge in [-0.3, -0.25) is 9.80 Å². The zero-order chi connectivity index (χ0) is 21.3. The van der Waals surface area contributed by atoms with Gasteiger partial charge < -0.3 is 10.2 Å². The fourth-order valence-electron chi connectivity index (χ4n) is 2.84. The minimum Gasteiger partial charge on any atom is -0.854 e. The predicted octanol–water partition coefficient (Wildman–Crippen LogP) is 0.798. The molecule has 0 aliphatic carbocycles. The predicted molar refractivity (Wildman–Crippen MR) is 123 cm³/mol. The zero-order valence-electron chi connectivity index (χ0n) is 19.2. The van der Waals surface area contributed by atoms with Crippen molar-refractivity contribution in [1.82, 2.24) is 9.80 Å². The molecule has 5 heteroatoms. The average molecular weight is 433 g/mol. The van der Waals surface area contributed by atoms with Crippen molar-refractivity contribution in [3.05, 3.63) is 50.6 Å². The molecule has 0 saturated heterocycles. The Hall–Kier alpha value is 0.436. The molecule has 0 rings (SSSR count). The smallest absolute Gasteiger partial charge is 0.854 e. The second kappa shape index (κ2) is 30.6. The van der Waals surface area contributed by atoms with Gasteiger partial charge in [-0.1, -0.05) is 56.4 Å². The molecule has 0 aliphatic rings. The van der Waals surface area contributed by atoms with Crippen molar-refractivity contribution in [1.29, 1.82) is 0 Å². The summed E-state index contributed by atoms with van der Waals surface area (Å²) in [6, 6.07) is 0. The third-order valence-electron chi connectivity index (χ3n) is 4.30. The molecule has 0 aliphatic heterocycles. The van der Waals surface area contributed by atoms with Crippen molar-refractivity contribution in [2.24, 2.45) is 0 Å². The van der Waals surface area contributed by atoms with Crippen molar-refractivity contribution in [2.75, 3.05) is 52.5 Å². The quantitative estimate of drug-likeness (QED) is 0.176. The summed E-state index contributed by atoms with van der Waals surface area (Å²) < 4.78 is 0. The van der Waals surface area contributed by atoms with Crippen molar-refractivity contribution in [3.63, 3.8) is 0 Å². The molecule has 29 heavy (non-hydrogen) atoms. The van der Waals surface area contributed by atoms with Gasteiger partial charge in [-0.15, -0.1) is 32.9 Å². The summed E-state index contributed by atoms with van der Waals surface area (Å²) in [7, 11) is 0. The van der Waals surface area contributed by atoms with Crippen molar-refractivity contribution < 1.29 is 61.6 Å². The molecular weight excluding hydrogens is 387 g/mol. The van der Waals surface area contributed by atoms with Crippen LogP contribution in [0.25, 0.3) is 0 Å². The molecular formula is C24H45KN2O2. The van der Waals surface area contributed by atoms with Crippen LogP contribution in [0.5, 0.6) is 0 Å². The van der Waals surface area contributed by atoms with E-state index >= 15 is 0 Å². The topological polar surface area (TPSA) is 49.8 Å². The number of aliphatic hydroxyl groups is 1. The average Bonchev–Trinajstić information content (AvgIpc) is 2.69. The van der Waals surface area contributed by atoms with Gasteiger partial charge >= 0.3 is 51.4 Å². The number of hydrogen-bond acceptors (Lipinski definition) is 4. The zero-order valence-corrected chi connectivity index (χ0v) is 22.3. The number of rotatable bonds is 20. The maximum absolute atomic E-state index is 10.2. The van der Waals surface area contributed by atoms with Gasteiger partial charge in [0.15, 0.2) is 0 Å². The van der Waals surface area contributed by atoms with E-state index in [-0.39, 0.29) is 58.0 Å². The van der Waals surface area contributed by atoms with E-state index in [0.717, 1.165) is 71.4 Å². The van der Waals surface area contributed by atoms with Gasteiger partial charge in [-0.2, -0.15) is 0 Å². The van der Waals surface area contributed by atoms with Crippen LogP contribution in [0.3, 0.4) is 0 Å². The molecule has 0 aromatic rings. The minimum atomic E-state index is 0. The van der Waals surface area contributed by atoms with Gasteiger partial charge in [-0.25, -0.2) is 0 Å². The summed E-state index contributed by atoms with van der Waals surface area (Å²) in [4.78, 5) is 4.62. The SMILES string of the molecule is C=CCN(CC=C)CCCCCCO.C=CCN(CC=C)CCCCCC[O-].[K+]. The second-order valence-corrected chi connectivity index (χ2v) is 6.93. The van der Waals surface area contributed by atoms with Crippen molar-refractivity contribution in [3.8, 4) is 0 Å². The molecule has 0 heterocycles. The largest absolute Gasteiger partial charge is 1.00 e. The van der Waals surface area contributed by atoms with Crippen LogP contribution in [0.4, 0.5) is 0 Å². The first-order valence-electron chi connectivity index (χ1n) is 10.8. The van der Waals surface area contributed by atoms with E-state index < -0.39 is 0 Å². The standard InChI is InChI=1S/C12H23NO.C12H22NO.K/c2*1-3-9-13(10-4-2)11-7-5-6-8-12-14;/h3-4,14H,1-2,5-12H2;3-4H,1-2,5-12H2;/q;-1;+1. The van der Waals surface area contributed by atoms with Gasteiger partial charge in [0.2, 0.25) is 0 Å². The van der Waals surface area contributed by atoms with E-state index in [1.807, 2.05) is 24.3 Å². The van der Waals surface area contributed by atoms with Crippen LogP contribution in [0.15, 0.2) is 50.6 Å². The summed E-state index contributed by atoms with van der Waals surface area (Å²) in [5.41, 5.74) is 0. The van der Waals surface area contributed by atoms with Crippen LogP contribution in [0.1, 0.15) is 51.4 Å². The molecule has 0 bridgehead atoms. The Morgan fingerprint density at radius 1 is 0.586 bits per heavy atom. The van der Waals surface area contributed by atoms with E-state index in [1.165, 1.54) is 19.3 Å². The first kappa shape index (κ1) is 34.1. The summed E-state index contributed by atoms with van der Waals surface area (Å²) in [5, 5.41) is 18.8. The maximum Gasteiger partial charge on any atom is 1.00 e. The summed E-state index contributed by atoms with van der Waals surface area (Å²) >= 11 is 0. The molecule has 0 aromatic carbocycles. The fraction of sp³-hybridized carbons (Fsp3) is 0.667.